The summed E-state index contributed by atoms with van der Waals surface area (Å²) >= 11 is 0. The third-order valence-electron chi connectivity index (χ3n) is 3.64. The van der Waals surface area contributed by atoms with Crippen molar-refractivity contribution >= 4 is 18.3 Å². The molecule has 2 aromatic carbocycles. The maximum atomic E-state index is 12.4. The fourth-order valence-corrected chi connectivity index (χ4v) is 2.48. The van der Waals surface area contributed by atoms with Crippen molar-refractivity contribution in [3.05, 3.63) is 64.7 Å². The molecule has 2 rings (SSSR count). The molecule has 0 aliphatic carbocycles. The largest absolute Gasteiger partial charge is 0.434 e. The van der Waals surface area contributed by atoms with E-state index in [1.54, 1.807) is 13.8 Å². The Morgan fingerprint density at radius 2 is 1.72 bits per heavy atom. The maximum absolute atomic E-state index is 12.4. The number of carbonyl (C=O) groups is 1. The van der Waals surface area contributed by atoms with Gasteiger partial charge in [0, 0.05) is 18.2 Å². The molecule has 0 aliphatic rings. The normalized spacial score (nSPS) is 11.6. The molecule has 0 aromatic heterocycles. The molecule has 25 heavy (non-hydrogen) atoms. The molecule has 1 amide bonds. The number of nitrogens with one attached hydrogen (secondary N) is 1. The topological polar surface area (TPSA) is 64.4 Å². The third-order valence-corrected chi connectivity index (χ3v) is 3.64. The summed E-state index contributed by atoms with van der Waals surface area (Å²) in [4.78, 5) is 12.3. The molecule has 4 nitrogen and oxygen atoms in total. The second-order valence-corrected chi connectivity index (χ2v) is 5.54. The van der Waals surface area contributed by atoms with Crippen molar-refractivity contribution in [1.29, 1.82) is 0 Å². The van der Waals surface area contributed by atoms with E-state index in [1.165, 1.54) is 12.1 Å². The lowest BCUT2D eigenvalue weighted by molar-refractivity contribution is -0.0507. The molecular formula is C18H21ClF2N2O2. The number of rotatable bonds is 6. The summed E-state index contributed by atoms with van der Waals surface area (Å²) in [6.45, 7) is 0.621. The van der Waals surface area contributed by atoms with E-state index in [4.69, 9.17) is 5.73 Å². The number of amides is 1. The lowest BCUT2D eigenvalue weighted by Gasteiger charge is -2.15. The van der Waals surface area contributed by atoms with Gasteiger partial charge in [0.1, 0.15) is 5.75 Å². The van der Waals surface area contributed by atoms with E-state index in [-0.39, 0.29) is 36.7 Å². The van der Waals surface area contributed by atoms with Crippen LogP contribution in [0.2, 0.25) is 0 Å². The van der Waals surface area contributed by atoms with Crippen LogP contribution in [0.1, 0.15) is 33.1 Å². The van der Waals surface area contributed by atoms with Gasteiger partial charge in [-0.3, -0.25) is 4.79 Å². The number of ether oxygens (including phenoxy) is 1. The number of carbonyl (C=O) groups excluding carboxylic acids is 1. The van der Waals surface area contributed by atoms with Gasteiger partial charge in [0.25, 0.3) is 5.91 Å². The molecule has 0 heterocycles. The van der Waals surface area contributed by atoms with Gasteiger partial charge < -0.3 is 15.8 Å². The van der Waals surface area contributed by atoms with Crippen molar-refractivity contribution in [3.63, 3.8) is 0 Å². The van der Waals surface area contributed by atoms with Gasteiger partial charge in [0.05, 0.1) is 0 Å². The second-order valence-electron chi connectivity index (χ2n) is 5.54. The van der Waals surface area contributed by atoms with Gasteiger partial charge in [-0.05, 0) is 42.7 Å². The van der Waals surface area contributed by atoms with Gasteiger partial charge in [-0.2, -0.15) is 8.78 Å². The number of hydrogen-bond donors (Lipinski definition) is 2. The number of aryl methyl sites for hydroxylation is 2. The first-order chi connectivity index (χ1) is 11.4. The molecule has 2 aromatic rings. The average molecular weight is 371 g/mol. The van der Waals surface area contributed by atoms with Crippen LogP contribution in [-0.4, -0.2) is 19.1 Å². The molecule has 1 unspecified atom stereocenters. The smallest absolute Gasteiger partial charge is 0.387 e. The lowest BCUT2D eigenvalue weighted by Crippen LogP contribution is -2.32. The minimum atomic E-state index is -2.90. The van der Waals surface area contributed by atoms with Crippen molar-refractivity contribution < 1.29 is 18.3 Å². The van der Waals surface area contributed by atoms with Crippen LogP contribution >= 0.6 is 12.4 Å². The predicted molar refractivity (Wildman–Crippen MR) is 95.5 cm³/mol. The number of benzene rings is 2. The van der Waals surface area contributed by atoms with Crippen LogP contribution in [0.25, 0.3) is 0 Å². The summed E-state index contributed by atoms with van der Waals surface area (Å²) in [5.41, 5.74) is 8.30. The van der Waals surface area contributed by atoms with E-state index >= 15 is 0 Å². The summed E-state index contributed by atoms with van der Waals surface area (Å²) < 4.78 is 29.3. The van der Waals surface area contributed by atoms with Crippen LogP contribution in [0.3, 0.4) is 0 Å². The number of alkyl halides is 2. The molecule has 1 atom stereocenters. The molecule has 0 fully saturated rings. The monoisotopic (exact) mass is 370 g/mol. The van der Waals surface area contributed by atoms with Crippen LogP contribution in [0.5, 0.6) is 5.75 Å². The molecule has 136 valence electrons. The molecule has 0 spiro atoms. The maximum Gasteiger partial charge on any atom is 0.387 e. The summed E-state index contributed by atoms with van der Waals surface area (Å²) in [6.07, 6.45) is 0. The highest BCUT2D eigenvalue weighted by molar-refractivity contribution is 5.95. The van der Waals surface area contributed by atoms with E-state index in [2.05, 4.69) is 10.1 Å². The van der Waals surface area contributed by atoms with Crippen LogP contribution < -0.4 is 15.8 Å². The SMILES string of the molecule is Cc1cc(C(=O)NCC(N)c2ccccc2)cc(C)c1OC(F)F.Cl. The zero-order chi connectivity index (χ0) is 17.7. The first kappa shape index (κ1) is 20.9. The molecular weight excluding hydrogens is 350 g/mol. The standard InChI is InChI=1S/C18H20F2N2O2.ClH/c1-11-8-14(9-12(2)16(11)24-18(19)20)17(23)22-10-15(21)13-6-4-3-5-7-13;/h3-9,15,18H,10,21H2,1-2H3,(H,22,23);1H. The highest BCUT2D eigenvalue weighted by Gasteiger charge is 2.15. The first-order valence-electron chi connectivity index (χ1n) is 7.53. The fraction of sp³-hybridized carbons (Fsp3) is 0.278. The van der Waals surface area contributed by atoms with E-state index in [0.717, 1.165) is 5.56 Å². The lowest BCUT2D eigenvalue weighted by atomic mass is 10.0. The Labute approximate surface area is 151 Å². The van der Waals surface area contributed by atoms with Gasteiger partial charge in [0.15, 0.2) is 0 Å². The van der Waals surface area contributed by atoms with Gasteiger partial charge in [-0.1, -0.05) is 30.3 Å². The fourth-order valence-electron chi connectivity index (χ4n) is 2.48. The van der Waals surface area contributed by atoms with E-state index in [0.29, 0.717) is 16.7 Å². The van der Waals surface area contributed by atoms with Gasteiger partial charge in [-0.25, -0.2) is 0 Å². The van der Waals surface area contributed by atoms with Crippen molar-refractivity contribution in [1.82, 2.24) is 5.32 Å². The Morgan fingerprint density at radius 1 is 1.16 bits per heavy atom. The predicted octanol–water partition coefficient (Wildman–Crippen LogP) is 3.76. The Balaban J connectivity index is 0.00000312. The van der Waals surface area contributed by atoms with Crippen molar-refractivity contribution in [2.24, 2.45) is 5.73 Å². The molecule has 7 heteroatoms. The Kier molecular flexibility index (Phi) is 7.80. The molecule has 3 N–H and O–H groups in total. The van der Waals surface area contributed by atoms with E-state index < -0.39 is 6.61 Å². The van der Waals surface area contributed by atoms with Gasteiger partial charge in [0.2, 0.25) is 0 Å². The summed E-state index contributed by atoms with van der Waals surface area (Å²) in [6, 6.07) is 12.2. The molecule has 0 aliphatic heterocycles. The van der Waals surface area contributed by atoms with E-state index in [1.807, 2.05) is 30.3 Å². The minimum Gasteiger partial charge on any atom is -0.434 e. The average Bonchev–Trinajstić information content (AvgIpc) is 2.56. The summed E-state index contributed by atoms with van der Waals surface area (Å²) in [5.74, 6) is -0.210. The highest BCUT2D eigenvalue weighted by Crippen LogP contribution is 2.26. The zero-order valence-electron chi connectivity index (χ0n) is 14.0. The Morgan fingerprint density at radius 3 is 2.24 bits per heavy atom. The zero-order valence-corrected chi connectivity index (χ0v) is 14.8. The molecule has 0 saturated carbocycles. The van der Waals surface area contributed by atoms with Crippen molar-refractivity contribution in [2.45, 2.75) is 26.5 Å². The van der Waals surface area contributed by atoms with Crippen LogP contribution in [0, 0.1) is 13.8 Å². The summed E-state index contributed by atoms with van der Waals surface area (Å²) in [5, 5.41) is 2.76. The number of halogens is 3. The van der Waals surface area contributed by atoms with Crippen molar-refractivity contribution in [3.8, 4) is 5.75 Å². The van der Waals surface area contributed by atoms with Crippen LogP contribution in [0.15, 0.2) is 42.5 Å². The molecule has 0 saturated heterocycles. The number of hydrogen-bond acceptors (Lipinski definition) is 3. The van der Waals surface area contributed by atoms with Gasteiger partial charge >= 0.3 is 6.61 Å². The quantitative estimate of drug-likeness (QED) is 0.813. The van der Waals surface area contributed by atoms with E-state index in [9.17, 15) is 13.6 Å². The highest BCUT2D eigenvalue weighted by atomic mass is 35.5. The van der Waals surface area contributed by atoms with Crippen LogP contribution in [-0.2, 0) is 0 Å². The van der Waals surface area contributed by atoms with Gasteiger partial charge in [-0.15, -0.1) is 12.4 Å². The molecule has 0 bridgehead atoms. The Bertz CT molecular complexity index is 688. The minimum absolute atomic E-state index is 0. The Hall–Kier alpha value is -2.18. The first-order valence-corrected chi connectivity index (χ1v) is 7.53. The van der Waals surface area contributed by atoms with Crippen LogP contribution in [0.4, 0.5) is 8.78 Å². The number of nitrogens with two attached hydrogens (primary N) is 1. The van der Waals surface area contributed by atoms with Crippen molar-refractivity contribution in [2.75, 3.05) is 6.54 Å². The second kappa shape index (κ2) is 9.34. The molecule has 0 radical (unpaired) electrons. The summed E-state index contributed by atoms with van der Waals surface area (Å²) in [7, 11) is 0. The third kappa shape index (κ3) is 5.69.